The van der Waals surface area contributed by atoms with E-state index in [1.807, 2.05) is 32.3 Å². The van der Waals surface area contributed by atoms with Crippen LogP contribution < -0.4 is 10.7 Å². The lowest BCUT2D eigenvalue weighted by atomic mass is 10.3. The Hall–Kier alpha value is -1.71. The van der Waals surface area contributed by atoms with Gasteiger partial charge in [0.05, 0.1) is 11.0 Å². The van der Waals surface area contributed by atoms with E-state index in [-0.39, 0.29) is 0 Å². The van der Waals surface area contributed by atoms with E-state index in [2.05, 4.69) is 9.69 Å². The van der Waals surface area contributed by atoms with Crippen LogP contribution in [0, 0.1) is 0 Å². The summed E-state index contributed by atoms with van der Waals surface area (Å²) in [6, 6.07) is 5.92. The van der Waals surface area contributed by atoms with Gasteiger partial charge in [-0.3, -0.25) is 0 Å². The third kappa shape index (κ3) is 1.33. The normalized spacial score (nSPS) is 15.6. The van der Waals surface area contributed by atoms with Gasteiger partial charge >= 0.3 is 0 Å². The van der Waals surface area contributed by atoms with E-state index in [0.29, 0.717) is 5.92 Å². The van der Waals surface area contributed by atoms with E-state index in [1.54, 1.807) is 0 Å². The topological polar surface area (TPSA) is 47.1 Å². The average molecular weight is 216 g/mol. The molecule has 0 amide bonds. The van der Waals surface area contributed by atoms with E-state index in [9.17, 15) is 0 Å². The van der Waals surface area contributed by atoms with Gasteiger partial charge in [-0.05, 0) is 31.0 Å². The lowest BCUT2D eigenvalue weighted by molar-refractivity contribution is 0.697. The highest BCUT2D eigenvalue weighted by atomic mass is 15.5. The zero-order valence-electron chi connectivity index (χ0n) is 9.64. The van der Waals surface area contributed by atoms with Crippen molar-refractivity contribution in [3.8, 4) is 0 Å². The van der Waals surface area contributed by atoms with Crippen molar-refractivity contribution < 1.29 is 0 Å². The number of hydrogen-bond donors (Lipinski definition) is 1. The van der Waals surface area contributed by atoms with Crippen LogP contribution in [0.1, 0.15) is 24.6 Å². The predicted octanol–water partition coefficient (Wildman–Crippen LogP) is 1.69. The first-order valence-electron chi connectivity index (χ1n) is 5.62. The molecule has 3 rings (SSSR count). The first kappa shape index (κ1) is 9.51. The summed E-state index contributed by atoms with van der Waals surface area (Å²) in [6.07, 6.45) is 2.51. The highest BCUT2D eigenvalue weighted by Crippen LogP contribution is 2.40. The lowest BCUT2D eigenvalue weighted by Gasteiger charge is -2.18. The average Bonchev–Trinajstić information content (AvgIpc) is 2.99. The fourth-order valence-corrected chi connectivity index (χ4v) is 2.13. The molecule has 4 nitrogen and oxygen atoms in total. The monoisotopic (exact) mass is 216 g/mol. The maximum absolute atomic E-state index is 5.79. The molecule has 1 aliphatic carbocycles. The lowest BCUT2D eigenvalue weighted by Crippen LogP contribution is -2.26. The Morgan fingerprint density at radius 3 is 2.75 bits per heavy atom. The van der Waals surface area contributed by atoms with Crippen LogP contribution in [-0.4, -0.2) is 23.8 Å². The van der Waals surface area contributed by atoms with Crippen LogP contribution in [0.3, 0.4) is 0 Å². The van der Waals surface area contributed by atoms with Crippen molar-refractivity contribution in [3.63, 3.8) is 0 Å². The van der Waals surface area contributed by atoms with Gasteiger partial charge in [0.1, 0.15) is 5.82 Å². The number of aromatic nitrogens is 2. The highest BCUT2D eigenvalue weighted by molar-refractivity contribution is 5.80. The molecule has 1 saturated carbocycles. The molecule has 0 spiro atoms. The van der Waals surface area contributed by atoms with Crippen LogP contribution in [0.5, 0.6) is 0 Å². The molecule has 4 heteroatoms. The summed E-state index contributed by atoms with van der Waals surface area (Å²) in [7, 11) is 4.09. The number of imidazole rings is 1. The summed E-state index contributed by atoms with van der Waals surface area (Å²) >= 11 is 0. The first-order chi connectivity index (χ1) is 7.66. The molecule has 0 unspecified atom stereocenters. The Morgan fingerprint density at radius 1 is 1.38 bits per heavy atom. The SMILES string of the molecule is CN(C)n1c(C2CC2)nc2cc(N)ccc21. The molecule has 1 aromatic heterocycles. The number of nitrogen functional groups attached to an aromatic ring is 1. The van der Waals surface area contributed by atoms with E-state index < -0.39 is 0 Å². The largest absolute Gasteiger partial charge is 0.399 e. The number of nitrogens with zero attached hydrogens (tertiary/aromatic N) is 3. The third-order valence-electron chi connectivity index (χ3n) is 3.02. The Bertz CT molecular complexity index is 537. The molecule has 16 heavy (non-hydrogen) atoms. The van der Waals surface area contributed by atoms with Crippen LogP contribution in [0.4, 0.5) is 5.69 Å². The van der Waals surface area contributed by atoms with Gasteiger partial charge in [-0.15, -0.1) is 0 Å². The minimum absolute atomic E-state index is 0.635. The summed E-state index contributed by atoms with van der Waals surface area (Å²) in [5, 5.41) is 2.08. The number of anilines is 1. The van der Waals surface area contributed by atoms with Gasteiger partial charge < -0.3 is 10.7 Å². The van der Waals surface area contributed by atoms with Gasteiger partial charge in [-0.2, -0.15) is 0 Å². The van der Waals surface area contributed by atoms with Crippen molar-refractivity contribution in [2.45, 2.75) is 18.8 Å². The Morgan fingerprint density at radius 2 is 2.12 bits per heavy atom. The fraction of sp³-hybridized carbons (Fsp3) is 0.417. The van der Waals surface area contributed by atoms with Gasteiger partial charge in [0.25, 0.3) is 0 Å². The second kappa shape index (κ2) is 3.14. The van der Waals surface area contributed by atoms with E-state index in [0.717, 1.165) is 16.7 Å². The van der Waals surface area contributed by atoms with Crippen molar-refractivity contribution in [2.24, 2.45) is 0 Å². The minimum atomic E-state index is 0.635. The second-order valence-corrected chi connectivity index (χ2v) is 4.65. The molecule has 0 atom stereocenters. The molecular formula is C12H16N4. The molecule has 1 aromatic carbocycles. The summed E-state index contributed by atoms with van der Waals surface area (Å²) in [5.74, 6) is 1.81. The van der Waals surface area contributed by atoms with Crippen LogP contribution >= 0.6 is 0 Å². The maximum Gasteiger partial charge on any atom is 0.132 e. The Balaban J connectivity index is 2.28. The molecule has 0 saturated heterocycles. The summed E-state index contributed by atoms with van der Waals surface area (Å²) in [6.45, 7) is 0. The van der Waals surface area contributed by atoms with Crippen molar-refractivity contribution in [3.05, 3.63) is 24.0 Å². The van der Waals surface area contributed by atoms with Gasteiger partial charge in [0, 0.05) is 25.7 Å². The van der Waals surface area contributed by atoms with Gasteiger partial charge in [0.15, 0.2) is 0 Å². The number of fused-ring (bicyclic) bond motifs is 1. The summed E-state index contributed by atoms with van der Waals surface area (Å²) < 4.78 is 2.19. The molecule has 0 radical (unpaired) electrons. The zero-order valence-corrected chi connectivity index (χ0v) is 9.64. The molecular weight excluding hydrogens is 200 g/mol. The molecule has 0 aliphatic heterocycles. The smallest absolute Gasteiger partial charge is 0.132 e. The van der Waals surface area contributed by atoms with Crippen LogP contribution in [0.2, 0.25) is 0 Å². The van der Waals surface area contributed by atoms with Crippen molar-refractivity contribution in [1.29, 1.82) is 0 Å². The van der Waals surface area contributed by atoms with Gasteiger partial charge in [-0.25, -0.2) is 9.66 Å². The molecule has 1 aliphatic rings. The highest BCUT2D eigenvalue weighted by Gasteiger charge is 2.30. The second-order valence-electron chi connectivity index (χ2n) is 4.65. The number of nitrogens with two attached hydrogens (primary N) is 1. The Kier molecular flexibility index (Phi) is 1.87. The van der Waals surface area contributed by atoms with E-state index in [1.165, 1.54) is 18.7 Å². The molecule has 2 aromatic rings. The molecule has 0 bridgehead atoms. The van der Waals surface area contributed by atoms with Crippen molar-refractivity contribution in [2.75, 3.05) is 24.8 Å². The van der Waals surface area contributed by atoms with E-state index >= 15 is 0 Å². The quantitative estimate of drug-likeness (QED) is 0.777. The summed E-state index contributed by atoms with van der Waals surface area (Å²) in [4.78, 5) is 4.70. The van der Waals surface area contributed by atoms with Gasteiger partial charge in [-0.1, -0.05) is 0 Å². The molecule has 84 valence electrons. The zero-order chi connectivity index (χ0) is 11.3. The first-order valence-corrected chi connectivity index (χ1v) is 5.62. The van der Waals surface area contributed by atoms with E-state index in [4.69, 9.17) is 10.7 Å². The standard InChI is InChI=1S/C12H16N4/c1-15(2)16-11-6-5-9(13)7-10(11)14-12(16)8-3-4-8/h5-8H,3-4,13H2,1-2H3. The number of benzene rings is 1. The van der Waals surface area contributed by atoms with Crippen molar-refractivity contribution in [1.82, 2.24) is 9.66 Å². The molecule has 1 fully saturated rings. The third-order valence-corrected chi connectivity index (χ3v) is 3.02. The number of rotatable bonds is 2. The van der Waals surface area contributed by atoms with Gasteiger partial charge in [0.2, 0.25) is 0 Å². The maximum atomic E-state index is 5.79. The fourth-order valence-electron chi connectivity index (χ4n) is 2.13. The number of hydrogen-bond acceptors (Lipinski definition) is 3. The van der Waals surface area contributed by atoms with Crippen LogP contribution in [-0.2, 0) is 0 Å². The van der Waals surface area contributed by atoms with Crippen LogP contribution in [0.25, 0.3) is 11.0 Å². The van der Waals surface area contributed by atoms with Crippen molar-refractivity contribution >= 4 is 16.7 Å². The van der Waals surface area contributed by atoms with Crippen LogP contribution in [0.15, 0.2) is 18.2 Å². The molecule has 2 N–H and O–H groups in total. The summed E-state index contributed by atoms with van der Waals surface area (Å²) in [5.41, 5.74) is 8.70. The predicted molar refractivity (Wildman–Crippen MR) is 66.2 cm³/mol. The molecule has 1 heterocycles. The minimum Gasteiger partial charge on any atom is -0.399 e. The Labute approximate surface area is 94.6 Å².